The first-order valence-electron chi connectivity index (χ1n) is 7.38. The van der Waals surface area contributed by atoms with Gasteiger partial charge in [-0.2, -0.15) is 0 Å². The molecule has 0 aliphatic carbocycles. The zero-order valence-electron chi connectivity index (χ0n) is 12.5. The fourth-order valence-electron chi connectivity index (χ4n) is 2.60. The number of benzene rings is 1. The van der Waals surface area contributed by atoms with Gasteiger partial charge in [-0.1, -0.05) is 36.4 Å². The lowest BCUT2D eigenvalue weighted by molar-refractivity contribution is 0.0687. The Morgan fingerprint density at radius 3 is 2.43 bits per heavy atom. The van der Waals surface area contributed by atoms with Crippen LogP contribution in [0.5, 0.6) is 0 Å². The van der Waals surface area contributed by atoms with Crippen LogP contribution in [0.1, 0.15) is 32.8 Å². The molecular formula is C18H16N2O3. The number of pyridine rings is 1. The zero-order chi connectivity index (χ0) is 16.2. The molecule has 0 bridgehead atoms. The van der Waals surface area contributed by atoms with Crippen molar-refractivity contribution >= 4 is 17.4 Å². The number of hydrogen-bond donors (Lipinski definition) is 1. The van der Waals surface area contributed by atoms with Gasteiger partial charge in [-0.05, 0) is 29.7 Å². The molecule has 1 N–H and O–H groups in total. The molecule has 2 heterocycles. The molecule has 0 saturated carbocycles. The van der Waals surface area contributed by atoms with Crippen molar-refractivity contribution in [3.63, 3.8) is 0 Å². The summed E-state index contributed by atoms with van der Waals surface area (Å²) < 4.78 is 0. The third-order valence-corrected chi connectivity index (χ3v) is 3.87. The molecule has 1 aliphatic rings. The Hall–Kier alpha value is -2.95. The van der Waals surface area contributed by atoms with Gasteiger partial charge in [0.1, 0.15) is 5.69 Å². The van der Waals surface area contributed by atoms with Gasteiger partial charge >= 0.3 is 5.97 Å². The van der Waals surface area contributed by atoms with Gasteiger partial charge in [0.2, 0.25) is 0 Å². The van der Waals surface area contributed by atoms with Gasteiger partial charge in [0.15, 0.2) is 0 Å². The number of aromatic nitrogens is 1. The minimum Gasteiger partial charge on any atom is -0.477 e. The number of rotatable bonds is 3. The monoisotopic (exact) mass is 308 g/mol. The van der Waals surface area contributed by atoms with E-state index in [2.05, 4.69) is 23.2 Å². The highest BCUT2D eigenvalue weighted by atomic mass is 16.4. The highest BCUT2D eigenvalue weighted by Crippen LogP contribution is 2.22. The van der Waals surface area contributed by atoms with E-state index >= 15 is 0 Å². The second-order valence-corrected chi connectivity index (χ2v) is 5.33. The van der Waals surface area contributed by atoms with Crippen LogP contribution in [0.3, 0.4) is 0 Å². The predicted octanol–water partition coefficient (Wildman–Crippen LogP) is 2.71. The lowest BCUT2D eigenvalue weighted by atomic mass is 9.99. The number of carbonyl (C=O) groups excluding carboxylic acids is 1. The summed E-state index contributed by atoms with van der Waals surface area (Å²) in [6.45, 7) is 1.18. The van der Waals surface area contributed by atoms with Gasteiger partial charge in [0.25, 0.3) is 5.91 Å². The van der Waals surface area contributed by atoms with Crippen LogP contribution in [0.15, 0.2) is 54.7 Å². The lowest BCUT2D eigenvalue weighted by Crippen LogP contribution is -2.34. The second kappa shape index (κ2) is 6.44. The van der Waals surface area contributed by atoms with E-state index in [0.717, 1.165) is 6.42 Å². The zero-order valence-corrected chi connectivity index (χ0v) is 12.5. The number of nitrogens with zero attached hydrogens (tertiary/aromatic N) is 2. The molecule has 3 rings (SSSR count). The molecule has 0 unspecified atom stereocenters. The number of amides is 1. The molecule has 1 amide bonds. The number of carbonyl (C=O) groups is 2. The molecule has 5 nitrogen and oxygen atoms in total. The van der Waals surface area contributed by atoms with Crippen LogP contribution in [0, 0.1) is 0 Å². The van der Waals surface area contributed by atoms with Crippen molar-refractivity contribution in [3.8, 4) is 0 Å². The first-order chi connectivity index (χ1) is 11.1. The minimum absolute atomic E-state index is 0.0635. The molecule has 0 radical (unpaired) electrons. The molecule has 23 heavy (non-hydrogen) atoms. The number of hydrogen-bond acceptors (Lipinski definition) is 3. The smallest absolute Gasteiger partial charge is 0.354 e. The molecule has 0 atom stereocenters. The Bertz CT molecular complexity index is 752. The second-order valence-electron chi connectivity index (χ2n) is 5.33. The molecule has 1 aliphatic heterocycles. The minimum atomic E-state index is -1.10. The summed E-state index contributed by atoms with van der Waals surface area (Å²) in [7, 11) is 0. The van der Waals surface area contributed by atoms with E-state index in [9.17, 15) is 9.59 Å². The fraction of sp³-hybridized carbons (Fsp3) is 0.167. The van der Waals surface area contributed by atoms with E-state index in [1.165, 1.54) is 29.5 Å². The third-order valence-electron chi connectivity index (χ3n) is 3.87. The van der Waals surface area contributed by atoms with Gasteiger partial charge in [-0.3, -0.25) is 4.79 Å². The largest absolute Gasteiger partial charge is 0.477 e. The first-order valence-corrected chi connectivity index (χ1v) is 7.38. The van der Waals surface area contributed by atoms with E-state index in [1.54, 1.807) is 4.90 Å². The first kappa shape index (κ1) is 15.0. The van der Waals surface area contributed by atoms with E-state index in [4.69, 9.17) is 5.11 Å². The van der Waals surface area contributed by atoms with Crippen molar-refractivity contribution in [1.82, 2.24) is 9.88 Å². The van der Waals surface area contributed by atoms with E-state index in [0.29, 0.717) is 18.7 Å². The maximum absolute atomic E-state index is 12.4. The summed E-state index contributed by atoms with van der Waals surface area (Å²) in [5.41, 5.74) is 2.78. The normalized spacial score (nSPS) is 14.3. The Labute approximate surface area is 133 Å². The molecular weight excluding hydrogens is 292 g/mol. The Balaban J connectivity index is 1.70. The number of carboxylic acids is 1. The summed E-state index contributed by atoms with van der Waals surface area (Å²) in [5, 5.41) is 8.83. The summed E-state index contributed by atoms with van der Waals surface area (Å²) >= 11 is 0. The van der Waals surface area contributed by atoms with E-state index in [1.807, 2.05) is 18.2 Å². The van der Waals surface area contributed by atoms with Crippen LogP contribution in [0.25, 0.3) is 5.57 Å². The van der Waals surface area contributed by atoms with Crippen LogP contribution in [-0.2, 0) is 0 Å². The van der Waals surface area contributed by atoms with Crippen LogP contribution in [0.4, 0.5) is 0 Å². The van der Waals surface area contributed by atoms with Gasteiger partial charge < -0.3 is 10.0 Å². The van der Waals surface area contributed by atoms with Crippen molar-refractivity contribution in [2.24, 2.45) is 0 Å². The third kappa shape index (κ3) is 3.29. The van der Waals surface area contributed by atoms with Gasteiger partial charge in [-0.25, -0.2) is 9.78 Å². The van der Waals surface area contributed by atoms with Crippen molar-refractivity contribution in [3.05, 3.63) is 71.6 Å². The van der Waals surface area contributed by atoms with Gasteiger partial charge in [0, 0.05) is 19.3 Å². The maximum Gasteiger partial charge on any atom is 0.354 e. The van der Waals surface area contributed by atoms with Gasteiger partial charge in [-0.15, -0.1) is 0 Å². The molecule has 0 fully saturated rings. The van der Waals surface area contributed by atoms with Crippen molar-refractivity contribution < 1.29 is 14.7 Å². The Morgan fingerprint density at radius 1 is 1.09 bits per heavy atom. The highest BCUT2D eigenvalue weighted by Gasteiger charge is 2.19. The summed E-state index contributed by atoms with van der Waals surface area (Å²) in [5.74, 6) is -1.23. The molecule has 1 aromatic heterocycles. The average Bonchev–Trinajstić information content (AvgIpc) is 2.62. The van der Waals surface area contributed by atoms with Crippen LogP contribution >= 0.6 is 0 Å². The summed E-state index contributed by atoms with van der Waals surface area (Å²) in [6.07, 6.45) is 4.19. The topological polar surface area (TPSA) is 70.5 Å². The summed E-state index contributed by atoms with van der Waals surface area (Å²) in [6, 6.07) is 13.0. The SMILES string of the molecule is O=C(O)c1ccc(C(=O)N2CC=C(c3ccccc3)CC2)cn1. The molecule has 0 saturated heterocycles. The van der Waals surface area contributed by atoms with Crippen LogP contribution in [-0.4, -0.2) is 40.0 Å². The average molecular weight is 308 g/mol. The quantitative estimate of drug-likeness (QED) is 0.946. The molecule has 0 spiro atoms. The van der Waals surface area contributed by atoms with Gasteiger partial charge in [0.05, 0.1) is 5.56 Å². The number of aromatic carboxylic acids is 1. The standard InChI is InChI=1S/C18H16N2O3/c21-17(15-6-7-16(18(22)23)19-12-15)20-10-8-14(9-11-20)13-4-2-1-3-5-13/h1-8,12H,9-11H2,(H,22,23). The maximum atomic E-state index is 12.4. The summed E-state index contributed by atoms with van der Waals surface area (Å²) in [4.78, 5) is 28.8. The van der Waals surface area contributed by atoms with E-state index < -0.39 is 5.97 Å². The Kier molecular flexibility index (Phi) is 4.19. The molecule has 5 heteroatoms. The van der Waals surface area contributed by atoms with Crippen molar-refractivity contribution in [2.45, 2.75) is 6.42 Å². The lowest BCUT2D eigenvalue weighted by Gasteiger charge is -2.26. The van der Waals surface area contributed by atoms with Crippen molar-refractivity contribution in [1.29, 1.82) is 0 Å². The number of carboxylic acid groups (broad SMARTS) is 1. The Morgan fingerprint density at radius 2 is 1.87 bits per heavy atom. The molecule has 116 valence electrons. The van der Waals surface area contributed by atoms with Crippen LogP contribution < -0.4 is 0 Å². The van der Waals surface area contributed by atoms with E-state index in [-0.39, 0.29) is 11.6 Å². The predicted molar refractivity (Wildman–Crippen MR) is 86.1 cm³/mol. The highest BCUT2D eigenvalue weighted by molar-refractivity contribution is 5.95. The molecule has 2 aromatic rings. The fourth-order valence-corrected chi connectivity index (χ4v) is 2.60. The van der Waals surface area contributed by atoms with Crippen LogP contribution in [0.2, 0.25) is 0 Å². The van der Waals surface area contributed by atoms with Crippen molar-refractivity contribution in [2.75, 3.05) is 13.1 Å². The molecule has 1 aromatic carbocycles.